The van der Waals surface area contributed by atoms with Gasteiger partial charge in [-0.15, -0.1) is 0 Å². The lowest BCUT2D eigenvalue weighted by molar-refractivity contribution is 0.0441. The van der Waals surface area contributed by atoms with Gasteiger partial charge in [0.05, 0.1) is 24.7 Å². The molecular weight excluding hydrogens is 432 g/mol. The van der Waals surface area contributed by atoms with Crippen molar-refractivity contribution in [3.63, 3.8) is 0 Å². The lowest BCUT2D eigenvalue weighted by Crippen LogP contribution is -2.45. The number of sulfone groups is 1. The van der Waals surface area contributed by atoms with E-state index in [-0.39, 0.29) is 40.4 Å². The molecule has 2 fully saturated rings. The molecule has 0 saturated carbocycles. The minimum Gasteiger partial charge on any atom is -0.495 e. The Balaban J connectivity index is 1.97. The minimum absolute atomic E-state index is 0.0375. The molecule has 2 atom stereocenters. The summed E-state index contributed by atoms with van der Waals surface area (Å²) in [6.45, 7) is 0.893. The van der Waals surface area contributed by atoms with Crippen molar-refractivity contribution in [2.24, 2.45) is 0 Å². The van der Waals surface area contributed by atoms with Crippen LogP contribution in [0, 0.1) is 0 Å². The third kappa shape index (κ3) is 4.79. The normalized spacial score (nSPS) is 23.6. The molecule has 2 heterocycles. The molecule has 1 amide bonds. The zero-order valence-corrected chi connectivity index (χ0v) is 19.0. The van der Waals surface area contributed by atoms with E-state index >= 15 is 0 Å². The van der Waals surface area contributed by atoms with Crippen LogP contribution in [0.25, 0.3) is 0 Å². The summed E-state index contributed by atoms with van der Waals surface area (Å²) in [6.07, 6.45) is 1.90. The highest BCUT2D eigenvalue weighted by Crippen LogP contribution is 2.29. The first-order valence-electron chi connectivity index (χ1n) is 9.79. The van der Waals surface area contributed by atoms with Crippen LogP contribution in [0.3, 0.4) is 0 Å². The molecule has 2 aliphatic heterocycles. The van der Waals surface area contributed by atoms with E-state index in [0.29, 0.717) is 13.0 Å². The summed E-state index contributed by atoms with van der Waals surface area (Å²) in [7, 11) is -2.89. The van der Waals surface area contributed by atoms with Crippen LogP contribution < -0.4 is 4.74 Å². The van der Waals surface area contributed by atoms with E-state index in [1.165, 1.54) is 44.3 Å². The van der Waals surface area contributed by atoms with Crippen LogP contribution in [0.5, 0.6) is 5.75 Å². The Morgan fingerprint density at radius 1 is 1.27 bits per heavy atom. The second-order valence-corrected chi connectivity index (χ2v) is 12.2. The lowest BCUT2D eigenvalue weighted by Gasteiger charge is -2.31. The Kier molecular flexibility index (Phi) is 6.75. The first-order chi connectivity index (χ1) is 14.0. The Labute approximate surface area is 177 Å². The van der Waals surface area contributed by atoms with Crippen molar-refractivity contribution >= 4 is 25.8 Å². The number of nitrogens with zero attached hydrogens (tertiary/aromatic N) is 2. The van der Waals surface area contributed by atoms with E-state index in [2.05, 4.69) is 0 Å². The van der Waals surface area contributed by atoms with Crippen LogP contribution in [0.2, 0.25) is 0 Å². The van der Waals surface area contributed by atoms with E-state index in [4.69, 9.17) is 9.47 Å². The number of rotatable bonds is 7. The van der Waals surface area contributed by atoms with Gasteiger partial charge in [0.2, 0.25) is 10.0 Å². The highest BCUT2D eigenvalue weighted by molar-refractivity contribution is 7.91. The first kappa shape index (κ1) is 23.0. The molecule has 11 heteroatoms. The molecule has 1 aromatic rings. The number of carbonyl (C=O) groups is 1. The number of benzene rings is 1. The second kappa shape index (κ2) is 8.81. The molecule has 30 heavy (non-hydrogen) atoms. The Bertz CT molecular complexity index is 1000. The van der Waals surface area contributed by atoms with E-state index in [9.17, 15) is 21.6 Å². The highest BCUT2D eigenvalue weighted by Gasteiger charge is 2.37. The molecule has 0 N–H and O–H groups in total. The summed E-state index contributed by atoms with van der Waals surface area (Å²) in [5.41, 5.74) is 0.165. The van der Waals surface area contributed by atoms with Crippen molar-refractivity contribution in [3.8, 4) is 5.75 Å². The summed E-state index contributed by atoms with van der Waals surface area (Å²) in [6, 6.07) is 3.78. The van der Waals surface area contributed by atoms with E-state index < -0.39 is 31.8 Å². The van der Waals surface area contributed by atoms with Crippen LogP contribution in [-0.4, -0.2) is 90.0 Å². The molecule has 0 spiro atoms. The molecular formula is C19H28N2O7S2. The number of sulfonamides is 1. The third-order valence-corrected chi connectivity index (χ3v) is 9.09. The SMILES string of the molecule is COc1ccc(C(=O)N(C[C@@H]2CCCO2)[C@@H]2CCS(=O)(=O)C2)cc1S(=O)(=O)N(C)C. The largest absolute Gasteiger partial charge is 0.495 e. The van der Waals surface area contributed by atoms with Gasteiger partial charge in [0.15, 0.2) is 9.84 Å². The van der Waals surface area contributed by atoms with Crippen molar-refractivity contribution < 1.29 is 31.1 Å². The quantitative estimate of drug-likeness (QED) is 0.591. The summed E-state index contributed by atoms with van der Waals surface area (Å²) in [4.78, 5) is 14.8. The first-order valence-corrected chi connectivity index (χ1v) is 13.0. The van der Waals surface area contributed by atoms with Crippen molar-refractivity contribution in [3.05, 3.63) is 23.8 Å². The molecule has 2 aliphatic rings. The molecule has 0 aromatic heterocycles. The smallest absolute Gasteiger partial charge is 0.254 e. The predicted octanol–water partition coefficient (Wildman–Crippen LogP) is 0.754. The van der Waals surface area contributed by atoms with E-state index in [1.54, 1.807) is 0 Å². The molecule has 0 bridgehead atoms. The molecule has 9 nitrogen and oxygen atoms in total. The Hall–Kier alpha value is -1.69. The maximum atomic E-state index is 13.4. The molecule has 3 rings (SSSR count). The topological polar surface area (TPSA) is 110 Å². The molecule has 0 unspecified atom stereocenters. The van der Waals surface area contributed by atoms with Gasteiger partial charge in [-0.1, -0.05) is 0 Å². The van der Waals surface area contributed by atoms with Gasteiger partial charge in [-0.05, 0) is 37.5 Å². The van der Waals surface area contributed by atoms with Gasteiger partial charge in [-0.3, -0.25) is 4.79 Å². The lowest BCUT2D eigenvalue weighted by atomic mass is 10.1. The van der Waals surface area contributed by atoms with Crippen LogP contribution in [-0.2, 0) is 24.6 Å². The van der Waals surface area contributed by atoms with Crippen LogP contribution >= 0.6 is 0 Å². The van der Waals surface area contributed by atoms with Gasteiger partial charge in [0.25, 0.3) is 5.91 Å². The number of amides is 1. The van der Waals surface area contributed by atoms with Crippen molar-refractivity contribution in [2.75, 3.05) is 45.9 Å². The van der Waals surface area contributed by atoms with Crippen molar-refractivity contribution in [2.45, 2.75) is 36.3 Å². The monoisotopic (exact) mass is 460 g/mol. The average molecular weight is 461 g/mol. The summed E-state index contributed by atoms with van der Waals surface area (Å²) < 4.78 is 61.3. The van der Waals surface area contributed by atoms with Gasteiger partial charge < -0.3 is 14.4 Å². The van der Waals surface area contributed by atoms with E-state index in [1.807, 2.05) is 0 Å². The fourth-order valence-corrected chi connectivity index (χ4v) is 6.61. The van der Waals surface area contributed by atoms with Crippen LogP contribution in [0.1, 0.15) is 29.6 Å². The number of hydrogen-bond donors (Lipinski definition) is 0. The zero-order chi connectivity index (χ0) is 22.1. The maximum absolute atomic E-state index is 13.4. The Morgan fingerprint density at radius 3 is 2.53 bits per heavy atom. The third-order valence-electron chi connectivity index (χ3n) is 5.50. The number of carbonyl (C=O) groups excluding carboxylic acids is 1. The van der Waals surface area contributed by atoms with Gasteiger partial charge >= 0.3 is 0 Å². The molecule has 0 aliphatic carbocycles. The number of methoxy groups -OCH3 is 1. The molecule has 0 radical (unpaired) electrons. The van der Waals surface area contributed by atoms with E-state index in [0.717, 1.165) is 17.1 Å². The van der Waals surface area contributed by atoms with Crippen molar-refractivity contribution in [1.82, 2.24) is 9.21 Å². The van der Waals surface area contributed by atoms with Gasteiger partial charge in [-0.2, -0.15) is 0 Å². The predicted molar refractivity (Wildman–Crippen MR) is 111 cm³/mol. The summed E-state index contributed by atoms with van der Waals surface area (Å²) >= 11 is 0. The maximum Gasteiger partial charge on any atom is 0.254 e. The fraction of sp³-hybridized carbons (Fsp3) is 0.632. The Morgan fingerprint density at radius 2 is 2.00 bits per heavy atom. The van der Waals surface area contributed by atoms with Gasteiger partial charge in [-0.25, -0.2) is 21.1 Å². The fourth-order valence-electron chi connectivity index (χ4n) is 3.80. The van der Waals surface area contributed by atoms with Crippen molar-refractivity contribution in [1.29, 1.82) is 0 Å². The number of ether oxygens (including phenoxy) is 2. The summed E-state index contributed by atoms with van der Waals surface area (Å²) in [5.74, 6) is -0.333. The highest BCUT2D eigenvalue weighted by atomic mass is 32.2. The standard InChI is InChI=1S/C19H28N2O7S2/c1-20(2)30(25,26)18-11-14(6-7-17(18)27-3)19(22)21(12-16-5-4-9-28-16)15-8-10-29(23,24)13-15/h6-7,11,15-16H,4-5,8-10,12-13H2,1-3H3/t15-,16+/m1/s1. The van der Waals surface area contributed by atoms with Crippen LogP contribution in [0.15, 0.2) is 23.1 Å². The van der Waals surface area contributed by atoms with Gasteiger partial charge in [0.1, 0.15) is 10.6 Å². The number of hydrogen-bond acceptors (Lipinski definition) is 7. The summed E-state index contributed by atoms with van der Waals surface area (Å²) in [5, 5.41) is 0. The minimum atomic E-state index is -3.84. The molecule has 168 valence electrons. The average Bonchev–Trinajstić information content (AvgIpc) is 3.33. The second-order valence-electron chi connectivity index (χ2n) is 7.80. The molecule has 1 aromatic carbocycles. The van der Waals surface area contributed by atoms with Crippen LogP contribution in [0.4, 0.5) is 0 Å². The van der Waals surface area contributed by atoms with Gasteiger partial charge in [0, 0.05) is 38.9 Å². The zero-order valence-electron chi connectivity index (χ0n) is 17.4. The molecule has 2 saturated heterocycles.